The third kappa shape index (κ3) is 11.2. The average Bonchev–Trinajstić information content (AvgIpc) is 2.27. The van der Waals surface area contributed by atoms with E-state index in [1.807, 2.05) is 0 Å². The van der Waals surface area contributed by atoms with Crippen molar-refractivity contribution < 1.29 is 84.0 Å². The van der Waals surface area contributed by atoms with Gasteiger partial charge in [0, 0.05) is 18.9 Å². The zero-order valence-corrected chi connectivity index (χ0v) is 12.3. The van der Waals surface area contributed by atoms with Crippen molar-refractivity contribution in [2.24, 2.45) is 5.73 Å². The molecule has 0 aromatic heterocycles. The minimum atomic E-state index is -3.46. The number of carboxylic acids is 4. The number of rotatable bonds is 6. The third-order valence-corrected chi connectivity index (χ3v) is 1.61. The van der Waals surface area contributed by atoms with Crippen LogP contribution in [-0.2, 0) is 53.3 Å². The van der Waals surface area contributed by atoms with Gasteiger partial charge in [0.2, 0.25) is 0 Å². The summed E-state index contributed by atoms with van der Waals surface area (Å²) in [6, 6.07) is 0. The Morgan fingerprint density at radius 2 is 1.33 bits per heavy atom. The van der Waals surface area contributed by atoms with E-state index in [0.717, 1.165) is 0 Å². The Kier molecular flexibility index (Phi) is 16.7. The van der Waals surface area contributed by atoms with Crippen molar-refractivity contribution in [3.8, 4) is 0 Å². The molecule has 0 fully saturated rings. The largest absolute Gasteiger partial charge is 2.00 e. The fourth-order valence-corrected chi connectivity index (χ4v) is 0.695. The first-order valence-electron chi connectivity index (χ1n) is 4.41. The SMILES string of the molecule is NCC(=O)[O-].O=C([O-])CC(O)(C(=O)[O-])C(O)C(=O)[O-].[Mn+2].[Mn+2]. The van der Waals surface area contributed by atoms with Gasteiger partial charge in [-0.25, -0.2) is 0 Å². The van der Waals surface area contributed by atoms with Gasteiger partial charge in [0.25, 0.3) is 0 Å². The topological polar surface area (TPSA) is 227 Å². The van der Waals surface area contributed by atoms with Crippen LogP contribution in [0.1, 0.15) is 6.42 Å². The second kappa shape index (κ2) is 12.5. The maximum atomic E-state index is 10.2. The van der Waals surface area contributed by atoms with Crippen molar-refractivity contribution in [2.45, 2.75) is 18.1 Å². The number of carbonyl (C=O) groups excluding carboxylic acids is 4. The summed E-state index contributed by atoms with van der Waals surface area (Å²) >= 11 is 0. The summed E-state index contributed by atoms with van der Waals surface area (Å²) in [4.78, 5) is 39.3. The van der Waals surface area contributed by atoms with Gasteiger partial charge in [-0.15, -0.1) is 0 Å². The second-order valence-electron chi connectivity index (χ2n) is 3.06. The number of nitrogens with two attached hydrogens (primary N) is 1. The summed E-state index contributed by atoms with van der Waals surface area (Å²) in [5.74, 6) is -8.06. The predicted octanol–water partition coefficient (Wildman–Crippen LogP) is -8.59. The molecule has 120 valence electrons. The Labute approximate surface area is 138 Å². The molecule has 0 aromatic rings. The number of hydrogen-bond donors (Lipinski definition) is 3. The van der Waals surface area contributed by atoms with Gasteiger partial charge in [-0.1, -0.05) is 0 Å². The maximum Gasteiger partial charge on any atom is 2.00 e. The molecule has 0 saturated carbocycles. The first-order valence-corrected chi connectivity index (χ1v) is 4.41. The summed E-state index contributed by atoms with van der Waals surface area (Å²) in [6.07, 6.45) is -4.53. The molecule has 0 amide bonds. The molecule has 11 nitrogen and oxygen atoms in total. The number of aliphatic hydroxyl groups is 2. The molecule has 0 aliphatic rings. The Bertz CT molecular complexity index is 376. The van der Waals surface area contributed by atoms with Gasteiger partial charge < -0.3 is 55.6 Å². The van der Waals surface area contributed by atoms with Crippen LogP contribution in [-0.4, -0.2) is 52.3 Å². The molecule has 4 N–H and O–H groups in total. The summed E-state index contributed by atoms with van der Waals surface area (Å²) in [5.41, 5.74) is 1.05. The van der Waals surface area contributed by atoms with Gasteiger partial charge in [-0.2, -0.15) is 0 Å². The van der Waals surface area contributed by atoms with Crippen molar-refractivity contribution in [1.29, 1.82) is 0 Å². The zero-order chi connectivity index (χ0) is 15.8. The van der Waals surface area contributed by atoms with E-state index in [1.54, 1.807) is 0 Å². The average molecular weight is 389 g/mol. The van der Waals surface area contributed by atoms with E-state index < -0.39 is 42.0 Å². The molecule has 0 rings (SSSR count). The molecular weight excluding hydrogens is 380 g/mol. The van der Waals surface area contributed by atoms with Gasteiger partial charge in [-0.3, -0.25) is 0 Å². The van der Waals surface area contributed by atoms with Crippen LogP contribution in [0.15, 0.2) is 0 Å². The van der Waals surface area contributed by atoms with Crippen molar-refractivity contribution >= 4 is 23.9 Å². The van der Waals surface area contributed by atoms with Crippen molar-refractivity contribution in [1.82, 2.24) is 0 Å². The summed E-state index contributed by atoms with van der Waals surface area (Å²) in [6.45, 7) is -0.389. The second-order valence-corrected chi connectivity index (χ2v) is 3.06. The van der Waals surface area contributed by atoms with Crippen LogP contribution < -0.4 is 26.2 Å². The van der Waals surface area contributed by atoms with Gasteiger partial charge in [0.1, 0.15) is 11.7 Å². The maximum absolute atomic E-state index is 10.2. The molecule has 0 saturated heterocycles. The van der Waals surface area contributed by atoms with Gasteiger partial charge >= 0.3 is 34.1 Å². The molecule has 0 aliphatic carbocycles. The molecule has 0 spiro atoms. The Morgan fingerprint density at radius 1 is 1.00 bits per heavy atom. The number of aliphatic hydroxyl groups excluding tert-OH is 1. The first-order chi connectivity index (χ1) is 8.48. The van der Waals surface area contributed by atoms with Crippen LogP contribution in [0.5, 0.6) is 0 Å². The van der Waals surface area contributed by atoms with E-state index in [2.05, 4.69) is 5.73 Å². The van der Waals surface area contributed by atoms with Crippen LogP contribution in [0.25, 0.3) is 0 Å². The predicted molar refractivity (Wildman–Crippen MR) is 44.7 cm³/mol. The fraction of sp³-hybridized carbons (Fsp3) is 0.500. The summed E-state index contributed by atoms with van der Waals surface area (Å²) in [7, 11) is 0. The quantitative estimate of drug-likeness (QED) is 0.361. The minimum Gasteiger partial charge on any atom is -0.550 e. The van der Waals surface area contributed by atoms with E-state index in [9.17, 15) is 29.7 Å². The van der Waals surface area contributed by atoms with Crippen LogP contribution in [0.4, 0.5) is 0 Å². The van der Waals surface area contributed by atoms with Crippen molar-refractivity contribution in [3.63, 3.8) is 0 Å². The molecule has 2 radical (unpaired) electrons. The minimum absolute atomic E-state index is 0. The van der Waals surface area contributed by atoms with E-state index in [-0.39, 0.29) is 40.7 Å². The molecule has 2 unspecified atom stereocenters. The third-order valence-electron chi connectivity index (χ3n) is 1.61. The van der Waals surface area contributed by atoms with Crippen LogP contribution in [0, 0.1) is 0 Å². The number of carboxylic acid groups (broad SMARTS) is 4. The normalized spacial score (nSPS) is 12.9. The van der Waals surface area contributed by atoms with Crippen molar-refractivity contribution in [2.75, 3.05) is 6.54 Å². The molecule has 0 heterocycles. The molecule has 13 heteroatoms. The Morgan fingerprint density at radius 3 is 1.48 bits per heavy atom. The van der Waals surface area contributed by atoms with E-state index in [4.69, 9.17) is 20.1 Å². The Hall–Kier alpha value is -1.20. The van der Waals surface area contributed by atoms with Gasteiger partial charge in [0.05, 0.1) is 17.9 Å². The number of hydrogen-bond acceptors (Lipinski definition) is 11. The van der Waals surface area contributed by atoms with Crippen LogP contribution >= 0.6 is 0 Å². The summed E-state index contributed by atoms with van der Waals surface area (Å²) < 4.78 is 0. The number of carbonyl (C=O) groups is 4. The van der Waals surface area contributed by atoms with E-state index >= 15 is 0 Å². The monoisotopic (exact) mass is 389 g/mol. The zero-order valence-electron chi connectivity index (χ0n) is 9.99. The first kappa shape index (κ1) is 28.0. The van der Waals surface area contributed by atoms with Gasteiger partial charge in [-0.05, 0) is 0 Å². The van der Waals surface area contributed by atoms with E-state index in [1.165, 1.54) is 0 Å². The Balaban J connectivity index is -0.000000179. The summed E-state index contributed by atoms with van der Waals surface area (Å²) in [5, 5.41) is 56.9. The van der Waals surface area contributed by atoms with Gasteiger partial charge in [0.15, 0.2) is 0 Å². The fourth-order valence-electron chi connectivity index (χ4n) is 0.695. The smallest absolute Gasteiger partial charge is 0.550 e. The van der Waals surface area contributed by atoms with E-state index in [0.29, 0.717) is 0 Å². The molecule has 0 aromatic carbocycles. The van der Waals surface area contributed by atoms with Crippen molar-refractivity contribution in [3.05, 3.63) is 0 Å². The molecule has 0 bridgehead atoms. The molecule has 21 heavy (non-hydrogen) atoms. The molecule has 0 aliphatic heterocycles. The number of aliphatic carboxylic acids is 4. The van der Waals surface area contributed by atoms with Crippen LogP contribution in [0.3, 0.4) is 0 Å². The molecule has 2 atom stereocenters. The standard InChI is InChI=1S/C6H8O8.C2H5NO2.2Mn/c7-2(8)1-6(14,5(12)13)3(9)4(10)11;3-1-2(4)5;;/h3,9,14H,1H2,(H,7,8)(H,10,11)(H,12,13);1,3H2,(H,4,5);;/q;;2*+2/p-4. The van der Waals surface area contributed by atoms with Crippen LogP contribution in [0.2, 0.25) is 0 Å². The molecular formula is C8H9Mn2NO10.